The smallest absolute Gasteiger partial charge is 0.323 e. The summed E-state index contributed by atoms with van der Waals surface area (Å²) in [5.41, 5.74) is 2.25. The summed E-state index contributed by atoms with van der Waals surface area (Å²) in [4.78, 5) is 17.3. The second-order valence-electron chi connectivity index (χ2n) is 5.03. The fraction of sp³-hybridized carbons (Fsp3) is 0.118. The quantitative estimate of drug-likeness (QED) is 0.688. The van der Waals surface area contributed by atoms with Gasteiger partial charge in [-0.05, 0) is 48.7 Å². The lowest BCUT2D eigenvalue weighted by molar-refractivity contribution is 0.262. The van der Waals surface area contributed by atoms with E-state index in [4.69, 9.17) is 4.52 Å². The molecule has 7 heteroatoms. The number of carbonyl (C=O) groups is 1. The third-order valence-electron chi connectivity index (χ3n) is 3.26. The van der Waals surface area contributed by atoms with Gasteiger partial charge in [-0.2, -0.15) is 4.98 Å². The number of urea groups is 1. The largest absolute Gasteiger partial charge is 0.339 e. The van der Waals surface area contributed by atoms with Gasteiger partial charge in [-0.1, -0.05) is 11.2 Å². The van der Waals surface area contributed by atoms with Gasteiger partial charge in [-0.15, -0.1) is 11.8 Å². The van der Waals surface area contributed by atoms with Crippen molar-refractivity contribution in [1.29, 1.82) is 0 Å². The first kappa shape index (κ1) is 16.1. The van der Waals surface area contributed by atoms with Crippen molar-refractivity contribution in [2.45, 2.75) is 11.8 Å². The Balaban J connectivity index is 1.64. The molecule has 0 fully saturated rings. The highest BCUT2D eigenvalue weighted by Crippen LogP contribution is 2.20. The van der Waals surface area contributed by atoms with Crippen LogP contribution >= 0.6 is 11.8 Å². The number of thioether (sulfide) groups is 1. The van der Waals surface area contributed by atoms with Crippen LogP contribution in [0.4, 0.5) is 16.2 Å². The zero-order valence-corrected chi connectivity index (χ0v) is 14.1. The number of nitrogens with zero attached hydrogens (tertiary/aromatic N) is 2. The number of carbonyl (C=O) groups excluding carboxylic acids is 1. The van der Waals surface area contributed by atoms with Crippen LogP contribution in [0.2, 0.25) is 0 Å². The predicted octanol–water partition coefficient (Wildman–Crippen LogP) is 4.41. The molecule has 0 aliphatic carbocycles. The van der Waals surface area contributed by atoms with Crippen molar-refractivity contribution in [1.82, 2.24) is 10.1 Å². The molecule has 2 amide bonds. The molecule has 0 radical (unpaired) electrons. The molecule has 0 atom stereocenters. The fourth-order valence-electron chi connectivity index (χ4n) is 2.11. The number of aromatic nitrogens is 2. The number of aryl methyl sites for hydroxylation is 1. The topological polar surface area (TPSA) is 80.0 Å². The third-order valence-corrected chi connectivity index (χ3v) is 3.98. The van der Waals surface area contributed by atoms with Crippen molar-refractivity contribution in [3.05, 3.63) is 54.4 Å². The maximum atomic E-state index is 12.1. The van der Waals surface area contributed by atoms with E-state index in [1.54, 1.807) is 30.8 Å². The predicted molar refractivity (Wildman–Crippen MR) is 95.3 cm³/mol. The van der Waals surface area contributed by atoms with E-state index < -0.39 is 0 Å². The first-order valence-corrected chi connectivity index (χ1v) is 8.49. The first-order valence-electron chi connectivity index (χ1n) is 7.27. The summed E-state index contributed by atoms with van der Waals surface area (Å²) in [5.74, 6) is 1.04. The number of anilines is 2. The molecule has 0 saturated heterocycles. The standard InChI is InChI=1S/C17H16N4O2S/c1-11-18-16(21-23-11)12-6-8-13(9-7-12)19-17(22)20-14-4-3-5-15(10-14)24-2/h3-10H,1-2H3,(H2,19,20,22). The van der Waals surface area contributed by atoms with E-state index >= 15 is 0 Å². The highest BCUT2D eigenvalue weighted by molar-refractivity contribution is 7.98. The maximum Gasteiger partial charge on any atom is 0.323 e. The average molecular weight is 340 g/mol. The number of hydrogen-bond acceptors (Lipinski definition) is 5. The van der Waals surface area contributed by atoms with Crippen LogP contribution in [0.5, 0.6) is 0 Å². The summed E-state index contributed by atoms with van der Waals surface area (Å²) in [5, 5.41) is 9.46. The normalized spacial score (nSPS) is 10.4. The zero-order valence-electron chi connectivity index (χ0n) is 13.2. The van der Waals surface area contributed by atoms with Crippen LogP contribution in [0, 0.1) is 6.92 Å². The summed E-state index contributed by atoms with van der Waals surface area (Å²) in [6.07, 6.45) is 1.99. The van der Waals surface area contributed by atoms with Crippen molar-refractivity contribution in [3.63, 3.8) is 0 Å². The lowest BCUT2D eigenvalue weighted by Crippen LogP contribution is -2.19. The Morgan fingerprint density at radius 1 is 1.08 bits per heavy atom. The number of benzene rings is 2. The summed E-state index contributed by atoms with van der Waals surface area (Å²) < 4.78 is 4.96. The maximum absolute atomic E-state index is 12.1. The van der Waals surface area contributed by atoms with E-state index in [1.165, 1.54) is 0 Å². The van der Waals surface area contributed by atoms with Gasteiger partial charge in [-0.25, -0.2) is 4.79 Å². The molecule has 0 spiro atoms. The average Bonchev–Trinajstić information content (AvgIpc) is 3.02. The Morgan fingerprint density at radius 3 is 2.50 bits per heavy atom. The van der Waals surface area contributed by atoms with Gasteiger partial charge in [0.1, 0.15) is 0 Å². The number of amides is 2. The van der Waals surface area contributed by atoms with Gasteiger partial charge in [0.2, 0.25) is 11.7 Å². The number of nitrogens with one attached hydrogen (secondary N) is 2. The van der Waals surface area contributed by atoms with Crippen molar-refractivity contribution < 1.29 is 9.32 Å². The number of hydrogen-bond donors (Lipinski definition) is 2. The second-order valence-corrected chi connectivity index (χ2v) is 5.91. The molecule has 0 saturated carbocycles. The van der Waals surface area contributed by atoms with Gasteiger partial charge in [0.15, 0.2) is 0 Å². The Hall–Kier alpha value is -2.80. The van der Waals surface area contributed by atoms with Crippen LogP contribution < -0.4 is 10.6 Å². The van der Waals surface area contributed by atoms with E-state index in [2.05, 4.69) is 20.8 Å². The Bertz CT molecular complexity index is 846. The van der Waals surface area contributed by atoms with Gasteiger partial charge in [0.05, 0.1) is 0 Å². The molecule has 0 aliphatic heterocycles. The minimum Gasteiger partial charge on any atom is -0.339 e. The van der Waals surface area contributed by atoms with E-state index in [0.717, 1.165) is 16.1 Å². The van der Waals surface area contributed by atoms with Crippen LogP contribution in [0.15, 0.2) is 57.9 Å². The molecule has 6 nitrogen and oxygen atoms in total. The SMILES string of the molecule is CSc1cccc(NC(=O)Nc2ccc(-c3noc(C)n3)cc2)c1. The van der Waals surface area contributed by atoms with E-state index in [1.807, 2.05) is 42.7 Å². The molecule has 1 aromatic heterocycles. The van der Waals surface area contributed by atoms with E-state index in [9.17, 15) is 4.79 Å². The van der Waals surface area contributed by atoms with E-state index in [0.29, 0.717) is 17.4 Å². The van der Waals surface area contributed by atoms with Crippen LogP contribution in [-0.2, 0) is 0 Å². The molecule has 3 rings (SSSR count). The van der Waals surface area contributed by atoms with Gasteiger partial charge >= 0.3 is 6.03 Å². The minimum atomic E-state index is -0.295. The van der Waals surface area contributed by atoms with Gasteiger partial charge in [0.25, 0.3) is 0 Å². The molecule has 3 aromatic rings. The van der Waals surface area contributed by atoms with Gasteiger partial charge in [0, 0.05) is 28.8 Å². The highest BCUT2D eigenvalue weighted by atomic mass is 32.2. The molecule has 24 heavy (non-hydrogen) atoms. The van der Waals surface area contributed by atoms with Crippen molar-refractivity contribution in [2.75, 3.05) is 16.9 Å². The summed E-state index contributed by atoms with van der Waals surface area (Å²) in [7, 11) is 0. The van der Waals surface area contributed by atoms with Gasteiger partial charge in [-0.3, -0.25) is 0 Å². The van der Waals surface area contributed by atoms with Crippen molar-refractivity contribution >= 4 is 29.2 Å². The van der Waals surface area contributed by atoms with Crippen LogP contribution in [0.25, 0.3) is 11.4 Å². The molecule has 2 aromatic carbocycles. The molecule has 122 valence electrons. The lowest BCUT2D eigenvalue weighted by atomic mass is 10.2. The monoisotopic (exact) mass is 340 g/mol. The van der Waals surface area contributed by atoms with Crippen LogP contribution in [0.3, 0.4) is 0 Å². The molecular formula is C17H16N4O2S. The fourth-order valence-corrected chi connectivity index (χ4v) is 2.57. The Kier molecular flexibility index (Phi) is 4.81. The van der Waals surface area contributed by atoms with Crippen molar-refractivity contribution in [2.24, 2.45) is 0 Å². The number of rotatable bonds is 4. The Labute approximate surface area is 143 Å². The highest BCUT2D eigenvalue weighted by Gasteiger charge is 2.07. The summed E-state index contributed by atoms with van der Waals surface area (Å²) in [6.45, 7) is 1.74. The zero-order chi connectivity index (χ0) is 16.9. The van der Waals surface area contributed by atoms with Gasteiger partial charge < -0.3 is 15.2 Å². The Morgan fingerprint density at radius 2 is 1.83 bits per heavy atom. The second kappa shape index (κ2) is 7.18. The molecular weight excluding hydrogens is 324 g/mol. The van der Waals surface area contributed by atoms with Crippen LogP contribution in [-0.4, -0.2) is 22.4 Å². The molecule has 2 N–H and O–H groups in total. The van der Waals surface area contributed by atoms with Crippen molar-refractivity contribution in [3.8, 4) is 11.4 Å². The third kappa shape index (κ3) is 3.94. The summed E-state index contributed by atoms with van der Waals surface area (Å²) in [6, 6.07) is 14.6. The summed E-state index contributed by atoms with van der Waals surface area (Å²) >= 11 is 1.62. The van der Waals surface area contributed by atoms with E-state index in [-0.39, 0.29) is 6.03 Å². The lowest BCUT2D eigenvalue weighted by Gasteiger charge is -2.08. The molecule has 0 unspecified atom stereocenters. The minimum absolute atomic E-state index is 0.295. The van der Waals surface area contributed by atoms with Crippen LogP contribution in [0.1, 0.15) is 5.89 Å². The molecule has 1 heterocycles. The molecule has 0 bridgehead atoms. The first-order chi connectivity index (χ1) is 11.6. The molecule has 0 aliphatic rings.